The van der Waals surface area contributed by atoms with Crippen LogP contribution in [-0.2, 0) is 30.3 Å². The van der Waals surface area contributed by atoms with Gasteiger partial charge in [-0.05, 0) is 29.7 Å². The van der Waals surface area contributed by atoms with Crippen molar-refractivity contribution in [2.75, 3.05) is 31.5 Å². The molecule has 2 N–H and O–H groups in total. The summed E-state index contributed by atoms with van der Waals surface area (Å²) < 4.78 is 41.2. The van der Waals surface area contributed by atoms with Crippen molar-refractivity contribution < 1.29 is 37.1 Å². The number of nitrogens with one attached hydrogen (secondary N) is 2. The summed E-state index contributed by atoms with van der Waals surface area (Å²) in [5.74, 6) is -5.74. The van der Waals surface area contributed by atoms with Gasteiger partial charge in [0.2, 0.25) is 11.8 Å². The second-order valence-corrected chi connectivity index (χ2v) is 7.72. The van der Waals surface area contributed by atoms with E-state index in [1.807, 2.05) is 6.07 Å². The SMILES string of the molecule is O=C(CN1CCc2ccccc2C(CC(=O)OC(=O)C(F)(F)F)C1=O)NCCNc1ccccn1. The van der Waals surface area contributed by atoms with Crippen LogP contribution in [0.1, 0.15) is 23.5 Å². The van der Waals surface area contributed by atoms with Crippen LogP contribution in [0.2, 0.25) is 0 Å². The van der Waals surface area contributed by atoms with Gasteiger partial charge in [0.05, 0.1) is 18.9 Å². The number of carbonyl (C=O) groups excluding carboxylic acids is 4. The normalized spacial score (nSPS) is 15.6. The van der Waals surface area contributed by atoms with Gasteiger partial charge in [-0.25, -0.2) is 9.78 Å². The molecule has 0 saturated heterocycles. The number of pyridine rings is 1. The Morgan fingerprint density at radius 2 is 1.83 bits per heavy atom. The first kappa shape index (κ1) is 25.7. The molecule has 12 heteroatoms. The first-order valence-corrected chi connectivity index (χ1v) is 10.7. The Hall–Kier alpha value is -3.96. The summed E-state index contributed by atoms with van der Waals surface area (Å²) in [6.07, 6.45) is -4.11. The zero-order chi connectivity index (χ0) is 25.4. The van der Waals surface area contributed by atoms with Crippen molar-refractivity contribution in [3.8, 4) is 0 Å². The number of ether oxygens (including phenoxy) is 1. The third kappa shape index (κ3) is 7.26. The molecule has 0 saturated carbocycles. The van der Waals surface area contributed by atoms with Crippen LogP contribution in [0.25, 0.3) is 0 Å². The zero-order valence-corrected chi connectivity index (χ0v) is 18.5. The third-order valence-corrected chi connectivity index (χ3v) is 5.25. The predicted molar refractivity (Wildman–Crippen MR) is 117 cm³/mol. The Balaban J connectivity index is 1.62. The molecule has 1 unspecified atom stereocenters. The molecule has 0 radical (unpaired) electrons. The highest BCUT2D eigenvalue weighted by Crippen LogP contribution is 2.30. The second kappa shape index (κ2) is 11.4. The molecule has 2 aromatic rings. The van der Waals surface area contributed by atoms with Gasteiger partial charge in [0.15, 0.2) is 0 Å². The topological polar surface area (TPSA) is 118 Å². The zero-order valence-electron chi connectivity index (χ0n) is 18.5. The Morgan fingerprint density at radius 1 is 1.09 bits per heavy atom. The van der Waals surface area contributed by atoms with E-state index in [4.69, 9.17) is 0 Å². The molecule has 3 rings (SSSR count). The standard InChI is InChI=1S/C23H23F3N4O5/c24-23(25,26)22(34)35-20(32)13-17-16-6-2-1-5-15(16)8-12-30(21(17)33)14-19(31)29-11-10-28-18-7-3-4-9-27-18/h1-7,9,17H,8,10-14H2,(H,27,28)(H,29,31). The van der Waals surface area contributed by atoms with E-state index in [9.17, 15) is 32.3 Å². The number of amides is 2. The van der Waals surface area contributed by atoms with E-state index in [0.717, 1.165) is 0 Å². The first-order valence-electron chi connectivity index (χ1n) is 10.7. The minimum absolute atomic E-state index is 0.169. The van der Waals surface area contributed by atoms with Crippen molar-refractivity contribution in [2.24, 2.45) is 0 Å². The van der Waals surface area contributed by atoms with Gasteiger partial charge in [-0.1, -0.05) is 30.3 Å². The number of benzene rings is 1. The Labute approximate surface area is 198 Å². The number of halogens is 3. The van der Waals surface area contributed by atoms with Crippen molar-refractivity contribution in [2.45, 2.75) is 24.9 Å². The van der Waals surface area contributed by atoms with Gasteiger partial charge in [0, 0.05) is 25.8 Å². The van der Waals surface area contributed by atoms with Crippen molar-refractivity contribution >= 4 is 29.6 Å². The molecule has 1 atom stereocenters. The highest BCUT2D eigenvalue weighted by atomic mass is 19.4. The fourth-order valence-corrected chi connectivity index (χ4v) is 3.63. The number of nitrogens with zero attached hydrogens (tertiary/aromatic N) is 2. The molecule has 1 aromatic heterocycles. The van der Waals surface area contributed by atoms with E-state index in [2.05, 4.69) is 20.4 Å². The van der Waals surface area contributed by atoms with Gasteiger partial charge in [-0.15, -0.1) is 0 Å². The number of anilines is 1. The van der Waals surface area contributed by atoms with Crippen molar-refractivity contribution in [1.82, 2.24) is 15.2 Å². The Bertz CT molecular complexity index is 1080. The van der Waals surface area contributed by atoms with Gasteiger partial charge in [-0.2, -0.15) is 13.2 Å². The molecule has 1 aliphatic heterocycles. The van der Waals surface area contributed by atoms with Gasteiger partial charge >= 0.3 is 18.1 Å². The van der Waals surface area contributed by atoms with Crippen LogP contribution in [0.4, 0.5) is 19.0 Å². The maximum Gasteiger partial charge on any atom is 0.491 e. The lowest BCUT2D eigenvalue weighted by molar-refractivity contribution is -0.202. The van der Waals surface area contributed by atoms with Crippen LogP contribution in [0, 0.1) is 0 Å². The van der Waals surface area contributed by atoms with Crippen LogP contribution in [-0.4, -0.2) is 66.0 Å². The summed E-state index contributed by atoms with van der Waals surface area (Å²) in [6, 6.07) is 12.0. The molecule has 2 amide bonds. The number of esters is 2. The fraction of sp³-hybridized carbons (Fsp3) is 0.348. The van der Waals surface area contributed by atoms with E-state index < -0.39 is 42.3 Å². The molecule has 0 spiro atoms. The number of fused-ring (bicyclic) bond motifs is 1. The van der Waals surface area contributed by atoms with E-state index in [1.165, 1.54) is 4.90 Å². The van der Waals surface area contributed by atoms with Crippen LogP contribution in [0.3, 0.4) is 0 Å². The summed E-state index contributed by atoms with van der Waals surface area (Å²) in [7, 11) is 0. The number of hydrogen-bond donors (Lipinski definition) is 2. The molecule has 0 aliphatic carbocycles. The molecule has 186 valence electrons. The quantitative estimate of drug-likeness (QED) is 0.328. The number of alkyl halides is 3. The van der Waals surface area contributed by atoms with Crippen molar-refractivity contribution in [3.05, 3.63) is 59.8 Å². The van der Waals surface area contributed by atoms with E-state index in [1.54, 1.807) is 42.6 Å². The number of hydrogen-bond acceptors (Lipinski definition) is 7. The lowest BCUT2D eigenvalue weighted by Crippen LogP contribution is -2.44. The molecule has 0 fully saturated rings. The van der Waals surface area contributed by atoms with Crippen molar-refractivity contribution in [1.29, 1.82) is 0 Å². The Kier molecular flexibility index (Phi) is 8.39. The minimum atomic E-state index is -5.34. The van der Waals surface area contributed by atoms with Crippen LogP contribution >= 0.6 is 0 Å². The maximum atomic E-state index is 13.2. The van der Waals surface area contributed by atoms with E-state index in [0.29, 0.717) is 29.9 Å². The molecule has 1 aliphatic rings. The average molecular weight is 492 g/mol. The summed E-state index contributed by atoms with van der Waals surface area (Å²) in [5, 5.41) is 5.70. The number of rotatable bonds is 8. The molecule has 9 nitrogen and oxygen atoms in total. The lowest BCUT2D eigenvalue weighted by Gasteiger charge is -2.24. The average Bonchev–Trinajstić information content (AvgIpc) is 2.94. The van der Waals surface area contributed by atoms with Crippen molar-refractivity contribution in [3.63, 3.8) is 0 Å². The molecular weight excluding hydrogens is 469 g/mol. The molecule has 0 bridgehead atoms. The number of carbonyl (C=O) groups is 4. The van der Waals surface area contributed by atoms with Crippen LogP contribution in [0.15, 0.2) is 48.7 Å². The highest BCUT2D eigenvalue weighted by molar-refractivity contribution is 5.94. The van der Waals surface area contributed by atoms with Gasteiger partial charge in [-0.3, -0.25) is 14.4 Å². The summed E-state index contributed by atoms with van der Waals surface area (Å²) >= 11 is 0. The monoisotopic (exact) mass is 492 g/mol. The third-order valence-electron chi connectivity index (χ3n) is 5.25. The molecule has 1 aromatic carbocycles. The summed E-state index contributed by atoms with van der Waals surface area (Å²) in [5.41, 5.74) is 1.15. The van der Waals surface area contributed by atoms with Crippen LogP contribution in [0.5, 0.6) is 0 Å². The highest BCUT2D eigenvalue weighted by Gasteiger charge is 2.43. The smallest absolute Gasteiger partial charge is 0.386 e. The van der Waals surface area contributed by atoms with Gasteiger partial charge in [0.1, 0.15) is 5.82 Å². The molecule has 2 heterocycles. The minimum Gasteiger partial charge on any atom is -0.386 e. The van der Waals surface area contributed by atoms with E-state index in [-0.39, 0.29) is 19.6 Å². The van der Waals surface area contributed by atoms with Crippen LogP contribution < -0.4 is 10.6 Å². The predicted octanol–water partition coefficient (Wildman–Crippen LogP) is 1.80. The van der Waals surface area contributed by atoms with Gasteiger partial charge < -0.3 is 20.3 Å². The second-order valence-electron chi connectivity index (χ2n) is 7.72. The molecular formula is C23H23F3N4O5. The summed E-state index contributed by atoms with van der Waals surface area (Å²) in [6.45, 7) is 0.517. The molecule has 35 heavy (non-hydrogen) atoms. The van der Waals surface area contributed by atoms with E-state index >= 15 is 0 Å². The fourth-order valence-electron chi connectivity index (χ4n) is 3.63. The summed E-state index contributed by atoms with van der Waals surface area (Å²) in [4.78, 5) is 54.0. The first-order chi connectivity index (χ1) is 16.6. The largest absolute Gasteiger partial charge is 0.491 e. The van der Waals surface area contributed by atoms with Gasteiger partial charge in [0.25, 0.3) is 0 Å². The maximum absolute atomic E-state index is 13.2. The lowest BCUT2D eigenvalue weighted by atomic mass is 9.91. The number of aromatic nitrogens is 1. The Morgan fingerprint density at radius 3 is 2.54 bits per heavy atom.